The smallest absolute Gasteiger partial charge is 0.257 e. The van der Waals surface area contributed by atoms with Crippen LogP contribution in [-0.2, 0) is 0 Å². The predicted octanol–water partition coefficient (Wildman–Crippen LogP) is 4.17. The molecule has 1 saturated carbocycles. The number of nitrogens with zero attached hydrogens (tertiary/aromatic N) is 1. The average Bonchev–Trinajstić information content (AvgIpc) is 2.50. The van der Waals surface area contributed by atoms with Gasteiger partial charge in [-0.2, -0.15) is 0 Å². The normalized spacial score (nSPS) is 29.1. The number of amides is 1. The molecule has 3 atom stereocenters. The molecule has 21 heavy (non-hydrogen) atoms. The van der Waals surface area contributed by atoms with Crippen molar-refractivity contribution in [3.05, 3.63) is 35.1 Å². The number of fused-ring (bicyclic) bond motifs is 1. The van der Waals surface area contributed by atoms with Gasteiger partial charge in [-0.05, 0) is 50.2 Å². The summed E-state index contributed by atoms with van der Waals surface area (Å²) in [6.07, 6.45) is 5.79. The molecule has 2 fully saturated rings. The van der Waals surface area contributed by atoms with Crippen molar-refractivity contribution in [1.82, 2.24) is 4.90 Å². The zero-order valence-corrected chi connectivity index (χ0v) is 12.9. The molecule has 3 heteroatoms. The van der Waals surface area contributed by atoms with Gasteiger partial charge in [0, 0.05) is 12.6 Å². The minimum atomic E-state index is -0.392. The van der Waals surface area contributed by atoms with Crippen LogP contribution in [0.1, 0.15) is 54.9 Å². The summed E-state index contributed by atoms with van der Waals surface area (Å²) in [7, 11) is 0. The van der Waals surface area contributed by atoms with Gasteiger partial charge in [-0.3, -0.25) is 4.79 Å². The highest BCUT2D eigenvalue weighted by Crippen LogP contribution is 2.39. The fourth-order valence-electron chi connectivity index (χ4n) is 4.12. The Balaban J connectivity index is 1.88. The van der Waals surface area contributed by atoms with Gasteiger partial charge < -0.3 is 4.90 Å². The van der Waals surface area contributed by atoms with Gasteiger partial charge in [-0.25, -0.2) is 4.39 Å². The third-order valence-electron chi connectivity index (χ3n) is 5.35. The Kier molecular flexibility index (Phi) is 4.01. The lowest BCUT2D eigenvalue weighted by molar-refractivity contribution is 0.0214. The number of hydrogen-bond acceptors (Lipinski definition) is 1. The summed E-state index contributed by atoms with van der Waals surface area (Å²) in [5.41, 5.74) is 1.18. The lowest BCUT2D eigenvalue weighted by Crippen LogP contribution is -2.52. The molecule has 2 nitrogen and oxygen atoms in total. The minimum absolute atomic E-state index is 0.111. The Labute approximate surface area is 126 Å². The summed E-state index contributed by atoms with van der Waals surface area (Å²) >= 11 is 0. The van der Waals surface area contributed by atoms with Crippen LogP contribution in [0.3, 0.4) is 0 Å². The van der Waals surface area contributed by atoms with Crippen LogP contribution in [0.2, 0.25) is 0 Å². The molecular formula is C18H24FNO. The summed E-state index contributed by atoms with van der Waals surface area (Å²) in [6.45, 7) is 4.98. The summed E-state index contributed by atoms with van der Waals surface area (Å²) < 4.78 is 14.0. The van der Waals surface area contributed by atoms with E-state index in [1.165, 1.54) is 25.3 Å². The molecule has 1 aromatic carbocycles. The first-order chi connectivity index (χ1) is 10.1. The molecule has 0 aromatic heterocycles. The van der Waals surface area contributed by atoms with E-state index in [1.54, 1.807) is 12.1 Å². The minimum Gasteiger partial charge on any atom is -0.335 e. The first-order valence-electron chi connectivity index (χ1n) is 8.15. The third kappa shape index (κ3) is 2.70. The van der Waals surface area contributed by atoms with Crippen molar-refractivity contribution >= 4 is 5.91 Å². The van der Waals surface area contributed by atoms with Crippen molar-refractivity contribution < 1.29 is 9.18 Å². The van der Waals surface area contributed by atoms with E-state index in [9.17, 15) is 9.18 Å². The molecule has 0 spiro atoms. The van der Waals surface area contributed by atoms with Gasteiger partial charge in [-0.15, -0.1) is 0 Å². The molecule has 1 amide bonds. The van der Waals surface area contributed by atoms with Crippen molar-refractivity contribution in [2.75, 3.05) is 6.54 Å². The first-order valence-corrected chi connectivity index (χ1v) is 8.15. The van der Waals surface area contributed by atoms with Gasteiger partial charge >= 0.3 is 0 Å². The Bertz CT molecular complexity index is 542. The molecule has 1 aliphatic heterocycles. The zero-order chi connectivity index (χ0) is 15.0. The second kappa shape index (κ2) is 5.78. The molecule has 1 heterocycles. The molecule has 0 radical (unpaired) electrons. The fraction of sp³-hybridized carbons (Fsp3) is 0.611. The fourth-order valence-corrected chi connectivity index (χ4v) is 4.12. The van der Waals surface area contributed by atoms with Gasteiger partial charge in [-0.1, -0.05) is 31.4 Å². The number of piperidine rings is 1. The molecule has 3 unspecified atom stereocenters. The van der Waals surface area contributed by atoms with Crippen LogP contribution in [0.15, 0.2) is 18.2 Å². The van der Waals surface area contributed by atoms with Gasteiger partial charge in [0.1, 0.15) is 5.82 Å². The lowest BCUT2D eigenvalue weighted by atomic mass is 9.72. The number of likely N-dealkylation sites (tertiary alicyclic amines) is 1. The molecule has 1 aliphatic carbocycles. The largest absolute Gasteiger partial charge is 0.335 e. The quantitative estimate of drug-likeness (QED) is 0.759. The molecule has 0 bridgehead atoms. The molecule has 114 valence electrons. The maximum absolute atomic E-state index is 14.0. The van der Waals surface area contributed by atoms with Crippen molar-refractivity contribution in [3.63, 3.8) is 0 Å². The number of rotatable bonds is 1. The molecule has 0 N–H and O–H groups in total. The summed E-state index contributed by atoms with van der Waals surface area (Å²) in [5, 5.41) is 0. The number of aryl methyl sites for hydroxylation is 1. The van der Waals surface area contributed by atoms with Gasteiger partial charge in [0.05, 0.1) is 5.56 Å². The van der Waals surface area contributed by atoms with E-state index in [0.717, 1.165) is 24.9 Å². The predicted molar refractivity (Wildman–Crippen MR) is 81.7 cm³/mol. The van der Waals surface area contributed by atoms with Crippen molar-refractivity contribution in [2.45, 2.75) is 52.0 Å². The van der Waals surface area contributed by atoms with Crippen LogP contribution in [0, 0.1) is 24.6 Å². The van der Waals surface area contributed by atoms with E-state index >= 15 is 0 Å². The maximum atomic E-state index is 14.0. The van der Waals surface area contributed by atoms with Gasteiger partial charge in [0.2, 0.25) is 0 Å². The monoisotopic (exact) mass is 289 g/mol. The van der Waals surface area contributed by atoms with E-state index in [4.69, 9.17) is 0 Å². The maximum Gasteiger partial charge on any atom is 0.257 e. The van der Waals surface area contributed by atoms with Crippen LogP contribution >= 0.6 is 0 Å². The van der Waals surface area contributed by atoms with E-state index in [2.05, 4.69) is 6.92 Å². The summed E-state index contributed by atoms with van der Waals surface area (Å²) in [4.78, 5) is 14.8. The number of hydrogen-bond donors (Lipinski definition) is 0. The van der Waals surface area contributed by atoms with Crippen LogP contribution < -0.4 is 0 Å². The highest BCUT2D eigenvalue weighted by Gasteiger charge is 2.40. The van der Waals surface area contributed by atoms with E-state index in [-0.39, 0.29) is 11.5 Å². The van der Waals surface area contributed by atoms with E-state index in [1.807, 2.05) is 11.8 Å². The van der Waals surface area contributed by atoms with Crippen LogP contribution in [0.4, 0.5) is 4.39 Å². The number of halogens is 1. The highest BCUT2D eigenvalue weighted by atomic mass is 19.1. The zero-order valence-electron chi connectivity index (χ0n) is 12.9. The number of carbonyl (C=O) groups excluding carboxylic acids is 1. The van der Waals surface area contributed by atoms with Crippen molar-refractivity contribution in [2.24, 2.45) is 11.8 Å². The van der Waals surface area contributed by atoms with Gasteiger partial charge in [0.25, 0.3) is 5.91 Å². The first kappa shape index (κ1) is 14.6. The van der Waals surface area contributed by atoms with Crippen molar-refractivity contribution in [1.29, 1.82) is 0 Å². The van der Waals surface area contributed by atoms with E-state index in [0.29, 0.717) is 17.9 Å². The SMILES string of the molecule is Cc1ccc(F)c(C(=O)N2CCC(C)C3CCCCC32)c1. The van der Waals surface area contributed by atoms with Crippen LogP contribution in [0.5, 0.6) is 0 Å². The number of benzene rings is 1. The molecule has 1 aromatic rings. The Morgan fingerprint density at radius 2 is 2.00 bits per heavy atom. The molecule has 1 saturated heterocycles. The number of carbonyl (C=O) groups is 1. The van der Waals surface area contributed by atoms with Crippen LogP contribution in [-0.4, -0.2) is 23.4 Å². The third-order valence-corrected chi connectivity index (χ3v) is 5.35. The Morgan fingerprint density at radius 1 is 1.24 bits per heavy atom. The lowest BCUT2D eigenvalue weighted by Gasteiger charge is -2.47. The Morgan fingerprint density at radius 3 is 2.81 bits per heavy atom. The standard InChI is InChI=1S/C18H24FNO/c1-12-7-8-16(19)15(11-12)18(21)20-10-9-13(2)14-5-3-4-6-17(14)20/h7-8,11,13-14,17H,3-6,9-10H2,1-2H3. The summed E-state index contributed by atoms with van der Waals surface area (Å²) in [6, 6.07) is 5.13. The molecule has 2 aliphatic rings. The molecular weight excluding hydrogens is 265 g/mol. The summed E-state index contributed by atoms with van der Waals surface area (Å²) in [5.74, 6) is 0.780. The molecule has 3 rings (SSSR count). The van der Waals surface area contributed by atoms with Crippen molar-refractivity contribution in [3.8, 4) is 0 Å². The second-order valence-electron chi connectivity index (χ2n) is 6.76. The topological polar surface area (TPSA) is 20.3 Å². The van der Waals surface area contributed by atoms with Gasteiger partial charge in [0.15, 0.2) is 0 Å². The highest BCUT2D eigenvalue weighted by molar-refractivity contribution is 5.95. The second-order valence-corrected chi connectivity index (χ2v) is 6.76. The Hall–Kier alpha value is -1.38. The van der Waals surface area contributed by atoms with E-state index < -0.39 is 5.82 Å². The van der Waals surface area contributed by atoms with Crippen LogP contribution in [0.25, 0.3) is 0 Å². The average molecular weight is 289 g/mol.